The summed E-state index contributed by atoms with van der Waals surface area (Å²) >= 11 is 0. The molecule has 12 amide bonds. The van der Waals surface area contributed by atoms with Gasteiger partial charge in [0.25, 0.3) is 0 Å². The average Bonchev–Trinajstić information content (AvgIpc) is 1.74. The summed E-state index contributed by atoms with van der Waals surface area (Å²) in [5.41, 5.74) is -1.72. The van der Waals surface area contributed by atoms with E-state index in [0.717, 1.165) is 24.5 Å². The summed E-state index contributed by atoms with van der Waals surface area (Å²) in [7, 11) is 8.11. The molecule has 8 aliphatic rings. The minimum absolute atomic E-state index is 0.00760. The minimum Gasteiger partial charge on any atom is -0.378 e. The van der Waals surface area contributed by atoms with E-state index < -0.39 is 230 Å². The molecule has 4 aliphatic carbocycles. The van der Waals surface area contributed by atoms with Crippen molar-refractivity contribution in [1.82, 2.24) is 60.0 Å². The standard InChI is InChI=1S/C77H120F8N12O14/c1-12-46(5)63-72(107)90(7)44-61(100)91(8)54-22-15-14-18-32-96(71(54)106)57(41-47-23-26-50(27-24-47)76(80,81)82)69(104)89(6)43-59(98)86-53(28-25-48-39-51(78)62(52(79)40-48)77(83,84)85)68(103)97-33-29-58(111-13-2)65(97)67(102)88-75(30-19-31-75)74(109)94(11)64(49-20-16-17-21-49)73(108)93(10)56(70(105)95-34-36-110-37-35-95)42-60(99)92(9)55(38-45(3)4)66(101)87-63/h45-58,62-65H,12-44H2,1-11H3,(H,86,98)(H,87,101)(H,88,102)/t46-,47?,48?,50?,51?,52?,53-,54-,55-,56-,57-,58+,62?,63-,64-,65-/m0/s1. The molecule has 2 unspecified atom stereocenters. The number of hydrogen-bond acceptors (Lipinski definition) is 14. The number of amides is 12. The van der Waals surface area contributed by atoms with Crippen molar-refractivity contribution in [3.8, 4) is 0 Å². The van der Waals surface area contributed by atoms with Gasteiger partial charge in [0.15, 0.2) is 0 Å². The molecule has 4 aliphatic heterocycles. The summed E-state index contributed by atoms with van der Waals surface area (Å²) in [6, 6.07) is -11.4. The molecule has 0 aromatic carbocycles. The summed E-state index contributed by atoms with van der Waals surface area (Å²) < 4.78 is 127. The Labute approximate surface area is 646 Å². The Morgan fingerprint density at radius 1 is 0.586 bits per heavy atom. The molecule has 4 saturated heterocycles. The van der Waals surface area contributed by atoms with Crippen LogP contribution in [0.1, 0.15) is 189 Å². The van der Waals surface area contributed by atoms with Crippen molar-refractivity contribution in [2.24, 2.45) is 41.4 Å². The van der Waals surface area contributed by atoms with E-state index in [1.807, 2.05) is 13.8 Å². The third-order valence-electron chi connectivity index (χ3n) is 25.1. The first-order chi connectivity index (χ1) is 52.2. The average molecular weight is 1590 g/mol. The lowest BCUT2D eigenvalue weighted by Gasteiger charge is -2.47. The molecular weight excluding hydrogens is 1470 g/mol. The zero-order valence-electron chi connectivity index (χ0n) is 66.5. The topological polar surface area (TPSA) is 289 Å². The maximum absolute atomic E-state index is 15.8. The first-order valence-corrected chi connectivity index (χ1v) is 40.2. The summed E-state index contributed by atoms with van der Waals surface area (Å²) in [6.07, 6.45) is -15.3. The molecule has 26 nitrogen and oxygen atoms in total. The van der Waals surface area contributed by atoms with Crippen molar-refractivity contribution in [2.45, 2.75) is 273 Å². The third kappa shape index (κ3) is 21.7. The van der Waals surface area contributed by atoms with Crippen LogP contribution in [0.25, 0.3) is 0 Å². The highest BCUT2D eigenvalue weighted by Gasteiger charge is 2.57. The molecular formula is C77H120F8N12O14. The monoisotopic (exact) mass is 1590 g/mol. The Kier molecular flexibility index (Phi) is 31.4. The lowest BCUT2D eigenvalue weighted by atomic mass is 9.74. The Balaban J connectivity index is 1.21. The van der Waals surface area contributed by atoms with Gasteiger partial charge in [-0.1, -0.05) is 59.8 Å². The van der Waals surface area contributed by atoms with Crippen LogP contribution in [-0.2, 0) is 67.0 Å². The number of morpholine rings is 1. The Bertz CT molecular complexity index is 3270. The van der Waals surface area contributed by atoms with Crippen LogP contribution >= 0.6 is 0 Å². The number of fused-ring (bicyclic) bond motifs is 3. The lowest BCUT2D eigenvalue weighted by molar-refractivity contribution is -0.219. The second kappa shape index (κ2) is 38.9. The molecule has 8 rings (SSSR count). The Morgan fingerprint density at radius 2 is 1.21 bits per heavy atom. The molecule has 0 aromatic rings. The van der Waals surface area contributed by atoms with E-state index in [1.165, 1.54) is 61.9 Å². The van der Waals surface area contributed by atoms with Gasteiger partial charge in [0.2, 0.25) is 70.9 Å². The molecule has 628 valence electrons. The quantitative estimate of drug-likeness (QED) is 0.170. The van der Waals surface area contributed by atoms with Gasteiger partial charge in [-0.15, -0.1) is 0 Å². The highest BCUT2D eigenvalue weighted by molar-refractivity contribution is 6.01. The minimum atomic E-state index is -5.22. The summed E-state index contributed by atoms with van der Waals surface area (Å²) in [5.74, 6) is -16.9. The van der Waals surface area contributed by atoms with Gasteiger partial charge in [-0.25, -0.2) is 8.78 Å². The highest BCUT2D eigenvalue weighted by atomic mass is 19.4. The summed E-state index contributed by atoms with van der Waals surface area (Å²) in [6.45, 7) is 7.51. The summed E-state index contributed by atoms with van der Waals surface area (Å²) in [5, 5.41) is 8.47. The molecule has 3 N–H and O–H groups in total. The fourth-order valence-corrected chi connectivity index (χ4v) is 18.1. The zero-order chi connectivity index (χ0) is 81.9. The van der Waals surface area contributed by atoms with Gasteiger partial charge < -0.3 is 69.5 Å². The van der Waals surface area contributed by atoms with Gasteiger partial charge in [0, 0.05) is 75.1 Å². The molecule has 4 heterocycles. The number of carbonyl (C=O) groups excluding carboxylic acids is 12. The maximum atomic E-state index is 15.8. The van der Waals surface area contributed by atoms with E-state index in [0.29, 0.717) is 57.8 Å². The molecule has 2 bridgehead atoms. The number of likely N-dealkylation sites (N-methyl/N-ethyl adjacent to an activating group) is 6. The van der Waals surface area contributed by atoms with Crippen LogP contribution in [0.5, 0.6) is 0 Å². The number of halogens is 8. The molecule has 0 radical (unpaired) electrons. The number of ether oxygens (including phenoxy) is 2. The van der Waals surface area contributed by atoms with Crippen LogP contribution in [0.3, 0.4) is 0 Å². The highest BCUT2D eigenvalue weighted by Crippen LogP contribution is 2.46. The van der Waals surface area contributed by atoms with Gasteiger partial charge in [0.05, 0.1) is 44.7 Å². The largest absolute Gasteiger partial charge is 0.397 e. The molecule has 0 aromatic heterocycles. The number of alkyl halides is 8. The predicted octanol–water partition coefficient (Wildman–Crippen LogP) is 6.35. The smallest absolute Gasteiger partial charge is 0.378 e. The Hall–Kier alpha value is -7.00. The second-order valence-corrected chi connectivity index (χ2v) is 33.2. The number of nitrogens with one attached hydrogen (secondary N) is 3. The van der Waals surface area contributed by atoms with Crippen LogP contribution in [0.15, 0.2) is 0 Å². The van der Waals surface area contributed by atoms with Crippen molar-refractivity contribution < 1.29 is 102 Å². The van der Waals surface area contributed by atoms with Crippen LogP contribution in [0, 0.1) is 41.4 Å². The molecule has 34 heteroatoms. The predicted molar refractivity (Wildman–Crippen MR) is 390 cm³/mol. The van der Waals surface area contributed by atoms with E-state index in [1.54, 1.807) is 20.8 Å². The van der Waals surface area contributed by atoms with Gasteiger partial charge in [0.1, 0.15) is 72.1 Å². The van der Waals surface area contributed by atoms with E-state index in [-0.39, 0.29) is 123 Å². The van der Waals surface area contributed by atoms with Crippen LogP contribution in [0.4, 0.5) is 35.1 Å². The van der Waals surface area contributed by atoms with E-state index >= 15 is 51.9 Å². The molecule has 8 fully saturated rings. The molecule has 1 spiro atoms. The number of hydrogen-bond donors (Lipinski definition) is 3. The van der Waals surface area contributed by atoms with Crippen molar-refractivity contribution in [1.29, 1.82) is 0 Å². The van der Waals surface area contributed by atoms with Gasteiger partial charge >= 0.3 is 12.4 Å². The molecule has 111 heavy (non-hydrogen) atoms. The normalized spacial score (nSPS) is 32.2. The lowest BCUT2D eigenvalue weighted by Crippen LogP contribution is -2.69. The maximum Gasteiger partial charge on any atom is 0.397 e. The zero-order valence-corrected chi connectivity index (χ0v) is 66.5. The Morgan fingerprint density at radius 3 is 1.78 bits per heavy atom. The first kappa shape index (κ1) is 89.5. The van der Waals surface area contributed by atoms with Crippen molar-refractivity contribution in [3.63, 3.8) is 0 Å². The fraction of sp³-hybridized carbons (Fsp3) is 0.844. The second-order valence-electron chi connectivity index (χ2n) is 33.2. The van der Waals surface area contributed by atoms with Crippen LogP contribution in [-0.4, -0.2) is 301 Å². The van der Waals surface area contributed by atoms with Gasteiger partial charge in [-0.2, -0.15) is 26.3 Å². The van der Waals surface area contributed by atoms with Crippen molar-refractivity contribution >= 4 is 70.9 Å². The van der Waals surface area contributed by atoms with Crippen molar-refractivity contribution in [3.05, 3.63) is 0 Å². The fourth-order valence-electron chi connectivity index (χ4n) is 18.1. The van der Waals surface area contributed by atoms with E-state index in [2.05, 4.69) is 16.0 Å². The first-order valence-electron chi connectivity index (χ1n) is 40.2. The molecule has 4 saturated carbocycles. The molecule has 12 atom stereocenters. The van der Waals surface area contributed by atoms with E-state index in [4.69, 9.17) is 9.47 Å². The third-order valence-corrected chi connectivity index (χ3v) is 25.1. The summed E-state index contributed by atoms with van der Waals surface area (Å²) in [4.78, 5) is 194. The van der Waals surface area contributed by atoms with Gasteiger partial charge in [-0.3, -0.25) is 57.5 Å². The number of carbonyl (C=O) groups is 12. The van der Waals surface area contributed by atoms with Crippen LogP contribution in [0.2, 0.25) is 0 Å². The number of nitrogens with zero attached hydrogens (tertiary/aromatic N) is 9. The van der Waals surface area contributed by atoms with E-state index in [9.17, 15) is 40.7 Å². The van der Waals surface area contributed by atoms with Crippen molar-refractivity contribution in [2.75, 3.05) is 101 Å². The van der Waals surface area contributed by atoms with Gasteiger partial charge in [-0.05, 0) is 152 Å². The SMILES string of the molecule is CCO[C@@H]1CCN2C(=O)[C@H](CCC3CC(F)C(C(F)(F)F)C(F)C3)NC(=O)CN(C)C(=O)[C@H](CC3CCC(C(F)(F)F)CC3)N3CCCCC[C@@H](C3=O)N(C)C(=O)CN(C)C(=O)[C@H]([C@@H](C)CC)NC(=O)[C@H](CC(C)C)N(C)C(=O)C[C@@H](C(=O)N3CCOCC3)N(C)C(=O)[C@H](C3CCCC3)N(C)C(=O)C3(CCC3)NC(=O)[C@H]12. The number of rotatable bonds is 13. The van der Waals surface area contributed by atoms with Crippen LogP contribution < -0.4 is 16.0 Å².